The van der Waals surface area contributed by atoms with E-state index in [1.165, 1.54) is 51.0 Å². The molecule has 1 aromatic heterocycles. The van der Waals surface area contributed by atoms with Crippen molar-refractivity contribution in [3.63, 3.8) is 0 Å². The summed E-state index contributed by atoms with van der Waals surface area (Å²) in [6.07, 6.45) is 7.33. The lowest BCUT2D eigenvalue weighted by Gasteiger charge is -2.43. The first-order valence-corrected chi connectivity index (χ1v) is 8.82. The normalized spacial score (nSPS) is 31.5. The summed E-state index contributed by atoms with van der Waals surface area (Å²) in [6.45, 7) is 8.84. The molecule has 1 aromatic rings. The molecule has 0 amide bonds. The van der Waals surface area contributed by atoms with Crippen molar-refractivity contribution in [2.45, 2.75) is 32.2 Å². The van der Waals surface area contributed by atoms with E-state index in [0.29, 0.717) is 5.41 Å². The zero-order valence-electron chi connectivity index (χ0n) is 13.5. The van der Waals surface area contributed by atoms with E-state index in [1.54, 1.807) is 0 Å². The highest BCUT2D eigenvalue weighted by atomic mass is 16.5. The van der Waals surface area contributed by atoms with Gasteiger partial charge in [0.1, 0.15) is 0 Å². The van der Waals surface area contributed by atoms with Gasteiger partial charge in [-0.3, -0.25) is 10.00 Å². The number of ether oxygens (including phenoxy) is 1. The molecule has 3 aliphatic rings. The number of rotatable bonds is 4. The second-order valence-corrected chi connectivity index (χ2v) is 7.63. The van der Waals surface area contributed by atoms with Crippen molar-refractivity contribution in [1.29, 1.82) is 0 Å². The van der Waals surface area contributed by atoms with Gasteiger partial charge < -0.3 is 9.64 Å². The number of H-pyrrole nitrogens is 1. The molecule has 2 aliphatic heterocycles. The van der Waals surface area contributed by atoms with Crippen LogP contribution < -0.4 is 0 Å². The van der Waals surface area contributed by atoms with Crippen LogP contribution in [0.2, 0.25) is 0 Å². The topological polar surface area (TPSA) is 44.4 Å². The molecule has 2 saturated heterocycles. The maximum absolute atomic E-state index is 6.02. The Hall–Kier alpha value is -0.910. The molecule has 1 saturated carbocycles. The van der Waals surface area contributed by atoms with Gasteiger partial charge in [0.05, 0.1) is 13.2 Å². The monoisotopic (exact) mass is 304 g/mol. The molecule has 0 bridgehead atoms. The maximum atomic E-state index is 6.02. The Morgan fingerprint density at radius 3 is 3.00 bits per heavy atom. The number of aromatic amines is 1. The minimum atomic E-state index is 0.337. The first-order chi connectivity index (χ1) is 10.8. The summed E-state index contributed by atoms with van der Waals surface area (Å²) in [5.74, 6) is 0.972. The number of nitrogens with one attached hydrogen (secondary N) is 1. The molecule has 0 aromatic carbocycles. The van der Waals surface area contributed by atoms with Gasteiger partial charge in [-0.1, -0.05) is 0 Å². The Kier molecular flexibility index (Phi) is 4.20. The van der Waals surface area contributed by atoms with Crippen molar-refractivity contribution in [3.8, 4) is 0 Å². The van der Waals surface area contributed by atoms with E-state index in [0.717, 1.165) is 38.8 Å². The van der Waals surface area contributed by atoms with Crippen LogP contribution in [-0.4, -0.2) is 65.9 Å². The summed E-state index contributed by atoms with van der Waals surface area (Å²) in [6, 6.07) is 2.09. The zero-order valence-corrected chi connectivity index (χ0v) is 13.5. The molecule has 1 atom stereocenters. The summed E-state index contributed by atoms with van der Waals surface area (Å²) >= 11 is 0. The minimum absolute atomic E-state index is 0.337. The quantitative estimate of drug-likeness (QED) is 0.920. The lowest BCUT2D eigenvalue weighted by Crippen LogP contribution is -2.50. The van der Waals surface area contributed by atoms with Gasteiger partial charge in [-0.05, 0) is 44.2 Å². The van der Waals surface area contributed by atoms with E-state index < -0.39 is 0 Å². The summed E-state index contributed by atoms with van der Waals surface area (Å²) in [5, 5.41) is 7.17. The second-order valence-electron chi connectivity index (χ2n) is 7.63. The van der Waals surface area contributed by atoms with Crippen LogP contribution in [0.3, 0.4) is 0 Å². The van der Waals surface area contributed by atoms with Gasteiger partial charge >= 0.3 is 0 Å². The van der Waals surface area contributed by atoms with E-state index in [2.05, 4.69) is 26.1 Å². The summed E-state index contributed by atoms with van der Waals surface area (Å²) in [4.78, 5) is 5.27. The SMILES string of the molecule is c1cc(CN2CCC[C@@]3(COCCN(CC4CC4)C3)C2)[nH]n1. The third kappa shape index (κ3) is 3.53. The molecule has 5 heteroatoms. The van der Waals surface area contributed by atoms with Crippen molar-refractivity contribution in [2.24, 2.45) is 11.3 Å². The fourth-order valence-electron chi connectivity index (χ4n) is 4.21. The van der Waals surface area contributed by atoms with Gasteiger partial charge in [-0.15, -0.1) is 0 Å². The molecule has 3 fully saturated rings. The largest absolute Gasteiger partial charge is 0.379 e. The predicted molar refractivity (Wildman–Crippen MR) is 85.5 cm³/mol. The molecule has 3 heterocycles. The van der Waals surface area contributed by atoms with Gasteiger partial charge in [-0.25, -0.2) is 0 Å². The molecule has 1 aliphatic carbocycles. The van der Waals surface area contributed by atoms with Gasteiger partial charge in [0.15, 0.2) is 0 Å². The fourth-order valence-corrected chi connectivity index (χ4v) is 4.21. The highest BCUT2D eigenvalue weighted by Gasteiger charge is 2.39. The van der Waals surface area contributed by atoms with Crippen molar-refractivity contribution in [3.05, 3.63) is 18.0 Å². The average molecular weight is 304 g/mol. The number of aromatic nitrogens is 2. The smallest absolute Gasteiger partial charge is 0.0593 e. The molecule has 1 spiro atoms. The fraction of sp³-hybridized carbons (Fsp3) is 0.824. The molecule has 0 radical (unpaired) electrons. The third-order valence-electron chi connectivity index (χ3n) is 5.43. The Bertz CT molecular complexity index is 473. The Morgan fingerprint density at radius 1 is 1.27 bits per heavy atom. The van der Waals surface area contributed by atoms with E-state index in [-0.39, 0.29) is 0 Å². The summed E-state index contributed by atoms with van der Waals surface area (Å²) < 4.78 is 6.02. The van der Waals surface area contributed by atoms with Gasteiger partial charge in [0.25, 0.3) is 0 Å². The standard InChI is InChI=1S/C17H28N4O/c1-5-17(12-20(7-1)11-16-4-6-18-19-16)13-21(8-9-22-14-17)10-15-2-3-15/h4,6,15H,1-3,5,7-14H2,(H,18,19)/t17-/m1/s1. The van der Waals surface area contributed by atoms with Crippen LogP contribution in [0.15, 0.2) is 12.3 Å². The van der Waals surface area contributed by atoms with Crippen molar-refractivity contribution >= 4 is 0 Å². The van der Waals surface area contributed by atoms with Crippen molar-refractivity contribution in [1.82, 2.24) is 20.0 Å². The molecule has 5 nitrogen and oxygen atoms in total. The van der Waals surface area contributed by atoms with E-state index in [9.17, 15) is 0 Å². The third-order valence-corrected chi connectivity index (χ3v) is 5.43. The molecule has 1 N–H and O–H groups in total. The second kappa shape index (κ2) is 6.30. The van der Waals surface area contributed by atoms with E-state index >= 15 is 0 Å². The lowest BCUT2D eigenvalue weighted by molar-refractivity contribution is 0.00239. The van der Waals surface area contributed by atoms with Gasteiger partial charge in [-0.2, -0.15) is 5.10 Å². The van der Waals surface area contributed by atoms with Crippen LogP contribution in [-0.2, 0) is 11.3 Å². The molecular formula is C17H28N4O. The van der Waals surface area contributed by atoms with Crippen molar-refractivity contribution < 1.29 is 4.74 Å². The Morgan fingerprint density at radius 2 is 2.18 bits per heavy atom. The maximum Gasteiger partial charge on any atom is 0.0593 e. The minimum Gasteiger partial charge on any atom is -0.379 e. The zero-order chi connectivity index (χ0) is 14.8. The van der Waals surface area contributed by atoms with E-state index in [1.807, 2.05) is 6.20 Å². The molecular weight excluding hydrogens is 276 g/mol. The Labute approximate surface area is 133 Å². The first-order valence-electron chi connectivity index (χ1n) is 8.82. The average Bonchev–Trinajstić information content (AvgIpc) is 3.22. The number of nitrogens with zero attached hydrogens (tertiary/aromatic N) is 3. The number of hydrogen-bond acceptors (Lipinski definition) is 4. The highest BCUT2D eigenvalue weighted by Crippen LogP contribution is 2.36. The highest BCUT2D eigenvalue weighted by molar-refractivity contribution is 4.99. The number of piperidine rings is 1. The lowest BCUT2D eigenvalue weighted by atomic mass is 9.80. The van der Waals surface area contributed by atoms with E-state index in [4.69, 9.17) is 4.74 Å². The van der Waals surface area contributed by atoms with Crippen LogP contribution >= 0.6 is 0 Å². The van der Waals surface area contributed by atoms with Crippen LogP contribution in [0.5, 0.6) is 0 Å². The van der Waals surface area contributed by atoms with Gasteiger partial charge in [0.2, 0.25) is 0 Å². The molecule has 4 rings (SSSR count). The summed E-state index contributed by atoms with van der Waals surface area (Å²) in [7, 11) is 0. The van der Waals surface area contributed by atoms with Crippen LogP contribution in [0.4, 0.5) is 0 Å². The predicted octanol–water partition coefficient (Wildman–Crippen LogP) is 1.73. The van der Waals surface area contributed by atoms with Gasteiger partial charge in [0, 0.05) is 50.0 Å². The van der Waals surface area contributed by atoms with Crippen LogP contribution in [0.1, 0.15) is 31.4 Å². The number of hydrogen-bond donors (Lipinski definition) is 1. The summed E-state index contributed by atoms with van der Waals surface area (Å²) in [5.41, 5.74) is 1.56. The molecule has 122 valence electrons. The van der Waals surface area contributed by atoms with Crippen LogP contribution in [0.25, 0.3) is 0 Å². The number of likely N-dealkylation sites (tertiary alicyclic amines) is 1. The Balaban J connectivity index is 1.41. The van der Waals surface area contributed by atoms with Crippen molar-refractivity contribution in [2.75, 3.05) is 45.9 Å². The van der Waals surface area contributed by atoms with Crippen LogP contribution in [0, 0.1) is 11.3 Å². The first kappa shape index (κ1) is 14.7. The molecule has 22 heavy (non-hydrogen) atoms. The molecule has 0 unspecified atom stereocenters.